The van der Waals surface area contributed by atoms with Crippen molar-refractivity contribution in [3.05, 3.63) is 65.1 Å². The normalized spacial score (nSPS) is 12.8. The molecule has 186 valence electrons. The molecule has 0 amide bonds. The van der Waals surface area contributed by atoms with E-state index in [0.717, 1.165) is 56.6 Å². The molecule has 0 bridgehead atoms. The number of aliphatic hydroxyl groups is 1. The average molecular weight is 487 g/mol. The van der Waals surface area contributed by atoms with Crippen LogP contribution in [0.15, 0.2) is 42.7 Å². The Bertz CT molecular complexity index is 1430. The number of aliphatic hydroxyl groups excluding tert-OH is 1. The van der Waals surface area contributed by atoms with Gasteiger partial charge < -0.3 is 24.4 Å². The molecule has 0 saturated heterocycles. The number of hydrogen-bond acceptors (Lipinski definition) is 6. The number of hydrogen-bond donors (Lipinski definition) is 2. The molecule has 2 aromatic carbocycles. The maximum Gasteiger partial charge on any atom is 0.307 e. The van der Waals surface area contributed by atoms with Crippen LogP contribution in [0.1, 0.15) is 28.8 Å². The zero-order valence-electron chi connectivity index (χ0n) is 20.8. The number of nitrogens with zero attached hydrogens (tertiary/aromatic N) is 4. The van der Waals surface area contributed by atoms with E-state index in [-0.39, 0.29) is 13.0 Å². The number of aliphatic carboxylic acids is 1. The second kappa shape index (κ2) is 9.62. The summed E-state index contributed by atoms with van der Waals surface area (Å²) in [5.41, 5.74) is 8.04. The Kier molecular flexibility index (Phi) is 6.36. The third-order valence-electron chi connectivity index (χ3n) is 6.82. The lowest BCUT2D eigenvalue weighted by Gasteiger charge is -2.33. The highest BCUT2D eigenvalue weighted by atomic mass is 16.5. The van der Waals surface area contributed by atoms with E-state index in [1.54, 1.807) is 12.4 Å². The molecule has 1 aliphatic heterocycles. The Balaban J connectivity index is 1.69. The summed E-state index contributed by atoms with van der Waals surface area (Å²) in [4.78, 5) is 23.2. The van der Waals surface area contributed by atoms with Crippen molar-refractivity contribution >= 4 is 28.5 Å². The highest BCUT2D eigenvalue weighted by Gasteiger charge is 2.30. The number of carboxylic acid groups (broad SMARTS) is 1. The van der Waals surface area contributed by atoms with E-state index >= 15 is 0 Å². The van der Waals surface area contributed by atoms with E-state index in [0.29, 0.717) is 31.3 Å². The van der Waals surface area contributed by atoms with Crippen LogP contribution < -0.4 is 9.64 Å². The predicted molar refractivity (Wildman–Crippen MR) is 139 cm³/mol. The fourth-order valence-electron chi connectivity index (χ4n) is 5.12. The average Bonchev–Trinajstić information content (AvgIpc) is 3.20. The first-order valence-corrected chi connectivity index (χ1v) is 12.2. The summed E-state index contributed by atoms with van der Waals surface area (Å²) >= 11 is 0. The molecule has 8 nitrogen and oxygen atoms in total. The van der Waals surface area contributed by atoms with Crippen molar-refractivity contribution in [3.63, 3.8) is 0 Å². The summed E-state index contributed by atoms with van der Waals surface area (Å²) in [7, 11) is 0. The first-order valence-electron chi connectivity index (χ1n) is 12.2. The van der Waals surface area contributed by atoms with Gasteiger partial charge >= 0.3 is 5.97 Å². The van der Waals surface area contributed by atoms with Crippen LogP contribution in [-0.4, -0.2) is 50.5 Å². The maximum atomic E-state index is 12.0. The van der Waals surface area contributed by atoms with Gasteiger partial charge in [0.05, 0.1) is 36.6 Å². The Morgan fingerprint density at radius 1 is 1.08 bits per heavy atom. The molecule has 2 N–H and O–H groups in total. The van der Waals surface area contributed by atoms with Crippen LogP contribution >= 0.6 is 0 Å². The number of benzene rings is 2. The molecule has 5 rings (SSSR count). The summed E-state index contributed by atoms with van der Waals surface area (Å²) < 4.78 is 7.90. The maximum absolute atomic E-state index is 12.0. The summed E-state index contributed by atoms with van der Waals surface area (Å²) in [6, 6.07) is 10.4. The van der Waals surface area contributed by atoms with Crippen LogP contribution in [0.25, 0.3) is 22.0 Å². The number of rotatable bonds is 8. The molecule has 0 spiro atoms. The molecule has 3 heterocycles. The van der Waals surface area contributed by atoms with Gasteiger partial charge in [-0.15, -0.1) is 0 Å². The summed E-state index contributed by atoms with van der Waals surface area (Å²) in [6.45, 7) is 8.05. The van der Waals surface area contributed by atoms with Crippen LogP contribution in [0.4, 0.5) is 11.6 Å². The fraction of sp³-hybridized carbons (Fsp3) is 0.321. The molecular formula is C28H30N4O4. The van der Waals surface area contributed by atoms with E-state index in [2.05, 4.69) is 56.7 Å². The van der Waals surface area contributed by atoms with Gasteiger partial charge in [-0.3, -0.25) is 4.79 Å². The van der Waals surface area contributed by atoms with Gasteiger partial charge in [0.1, 0.15) is 0 Å². The summed E-state index contributed by atoms with van der Waals surface area (Å²) in [5, 5.41) is 19.9. The molecule has 2 aromatic heterocycles. The van der Waals surface area contributed by atoms with E-state index < -0.39 is 5.97 Å². The molecular weight excluding hydrogens is 456 g/mol. The van der Waals surface area contributed by atoms with Crippen LogP contribution in [0.3, 0.4) is 0 Å². The van der Waals surface area contributed by atoms with Gasteiger partial charge in [-0.05, 0) is 49.1 Å². The summed E-state index contributed by atoms with van der Waals surface area (Å²) in [5.74, 6) is 0.229. The van der Waals surface area contributed by atoms with Crippen LogP contribution in [-0.2, 0) is 17.8 Å². The van der Waals surface area contributed by atoms with E-state index in [9.17, 15) is 9.90 Å². The Labute approximate surface area is 209 Å². The molecule has 36 heavy (non-hydrogen) atoms. The van der Waals surface area contributed by atoms with Crippen molar-refractivity contribution in [3.8, 4) is 16.9 Å². The third kappa shape index (κ3) is 4.18. The number of aromatic nitrogens is 3. The first kappa shape index (κ1) is 23.8. The lowest BCUT2D eigenvalue weighted by atomic mass is 9.88. The van der Waals surface area contributed by atoms with Crippen molar-refractivity contribution in [1.82, 2.24) is 14.5 Å². The molecule has 0 saturated carbocycles. The second-order valence-corrected chi connectivity index (χ2v) is 9.26. The largest absolute Gasteiger partial charge is 0.490 e. The monoisotopic (exact) mass is 486 g/mol. The number of ether oxygens (including phenoxy) is 1. The van der Waals surface area contributed by atoms with Crippen LogP contribution in [0, 0.1) is 20.8 Å². The SMILES string of the molecule is Cc1ccc(-c2c(CC(=O)O)c(C)c3c4c2cc(C)n4CCN3c2ncc(OCCCO)cn2)cc1. The van der Waals surface area contributed by atoms with Crippen molar-refractivity contribution in [2.45, 2.75) is 40.2 Å². The van der Waals surface area contributed by atoms with Crippen molar-refractivity contribution in [1.29, 1.82) is 0 Å². The number of carboxylic acids is 1. The van der Waals surface area contributed by atoms with Gasteiger partial charge in [0, 0.05) is 37.2 Å². The van der Waals surface area contributed by atoms with Crippen LogP contribution in [0.5, 0.6) is 5.75 Å². The molecule has 4 aromatic rings. The predicted octanol–water partition coefficient (Wildman–Crippen LogP) is 4.56. The van der Waals surface area contributed by atoms with Crippen molar-refractivity contribution < 1.29 is 19.7 Å². The first-order chi connectivity index (χ1) is 17.4. The third-order valence-corrected chi connectivity index (χ3v) is 6.82. The minimum absolute atomic E-state index is 0.0678. The molecule has 0 aliphatic carbocycles. The minimum atomic E-state index is -0.864. The quantitative estimate of drug-likeness (QED) is 0.352. The highest BCUT2D eigenvalue weighted by Crippen LogP contribution is 2.46. The van der Waals surface area contributed by atoms with E-state index in [1.165, 1.54) is 0 Å². The van der Waals surface area contributed by atoms with Crippen LogP contribution in [0.2, 0.25) is 0 Å². The zero-order chi connectivity index (χ0) is 25.4. The smallest absolute Gasteiger partial charge is 0.307 e. The number of carbonyl (C=O) groups is 1. The van der Waals surface area contributed by atoms with Gasteiger partial charge in [-0.25, -0.2) is 9.97 Å². The van der Waals surface area contributed by atoms with Gasteiger partial charge in [0.2, 0.25) is 5.95 Å². The van der Waals surface area contributed by atoms with Crippen molar-refractivity contribution in [2.24, 2.45) is 0 Å². The van der Waals surface area contributed by atoms with Crippen molar-refractivity contribution in [2.75, 3.05) is 24.7 Å². The summed E-state index contributed by atoms with van der Waals surface area (Å²) in [6.07, 6.45) is 3.75. The lowest BCUT2D eigenvalue weighted by Crippen LogP contribution is -2.30. The Morgan fingerprint density at radius 3 is 2.47 bits per heavy atom. The molecule has 0 fully saturated rings. The molecule has 0 radical (unpaired) electrons. The van der Waals surface area contributed by atoms with E-state index in [4.69, 9.17) is 9.84 Å². The van der Waals surface area contributed by atoms with Gasteiger partial charge in [-0.2, -0.15) is 0 Å². The lowest BCUT2D eigenvalue weighted by molar-refractivity contribution is -0.136. The Hall–Kier alpha value is -3.91. The van der Waals surface area contributed by atoms with Gasteiger partial charge in [0.25, 0.3) is 0 Å². The highest BCUT2D eigenvalue weighted by molar-refractivity contribution is 6.08. The fourth-order valence-corrected chi connectivity index (χ4v) is 5.12. The topological polar surface area (TPSA) is 101 Å². The van der Waals surface area contributed by atoms with Gasteiger partial charge in [0.15, 0.2) is 5.75 Å². The van der Waals surface area contributed by atoms with Gasteiger partial charge in [-0.1, -0.05) is 29.8 Å². The number of aryl methyl sites for hydroxylation is 2. The molecule has 0 unspecified atom stereocenters. The minimum Gasteiger partial charge on any atom is -0.490 e. The number of anilines is 2. The zero-order valence-corrected chi connectivity index (χ0v) is 20.8. The van der Waals surface area contributed by atoms with E-state index in [1.807, 2.05) is 13.8 Å². The molecule has 8 heteroatoms. The standard InChI is InChI=1S/C28H30N4O4/c1-17-5-7-20(8-6-17)25-22(14-24(34)35)19(3)26-27-23(25)13-18(2)31(27)9-10-32(26)28-29-15-21(16-30-28)36-12-4-11-33/h5-8,13,15-16,33H,4,9-12,14H2,1-3H3,(H,34,35). The second-order valence-electron chi connectivity index (χ2n) is 9.26. The molecule has 0 atom stereocenters. The molecule has 1 aliphatic rings. The Morgan fingerprint density at radius 2 is 1.81 bits per heavy atom.